The van der Waals surface area contributed by atoms with Gasteiger partial charge in [0.25, 0.3) is 15.9 Å². The second-order valence-corrected chi connectivity index (χ2v) is 7.81. The predicted octanol–water partition coefficient (Wildman–Crippen LogP) is 3.18. The number of aryl methyl sites for hydroxylation is 1. The number of hydrogen-bond acceptors (Lipinski definition) is 7. The Kier molecular flexibility index (Phi) is 5.99. The fourth-order valence-electron chi connectivity index (χ4n) is 2.60. The first kappa shape index (κ1) is 20.8. The van der Waals surface area contributed by atoms with Gasteiger partial charge in [-0.3, -0.25) is 4.79 Å². The first-order valence-electron chi connectivity index (χ1n) is 8.69. The maximum absolute atomic E-state index is 12.5. The van der Waals surface area contributed by atoms with Gasteiger partial charge in [-0.1, -0.05) is 0 Å². The van der Waals surface area contributed by atoms with Gasteiger partial charge in [0.15, 0.2) is 0 Å². The molecule has 0 saturated heterocycles. The maximum atomic E-state index is 12.5. The van der Waals surface area contributed by atoms with Crippen LogP contribution < -0.4 is 14.2 Å². The molecular formula is C21H17N3O5S. The highest BCUT2D eigenvalue weighted by Crippen LogP contribution is 2.26. The number of sulfonamides is 1. The molecule has 1 N–H and O–H groups in total. The summed E-state index contributed by atoms with van der Waals surface area (Å²) in [6.45, 7) is 1.82. The zero-order chi connectivity index (χ0) is 21.7. The van der Waals surface area contributed by atoms with Crippen molar-refractivity contribution in [2.45, 2.75) is 11.8 Å². The van der Waals surface area contributed by atoms with Gasteiger partial charge in [0.1, 0.15) is 16.4 Å². The predicted molar refractivity (Wildman–Crippen MR) is 108 cm³/mol. The molecule has 3 aromatic rings. The molecule has 1 amide bonds. The van der Waals surface area contributed by atoms with Crippen LogP contribution in [0.5, 0.6) is 17.4 Å². The fourth-order valence-corrected chi connectivity index (χ4v) is 3.70. The Morgan fingerprint density at radius 2 is 1.87 bits per heavy atom. The van der Waals surface area contributed by atoms with Crippen molar-refractivity contribution in [2.75, 3.05) is 7.11 Å². The van der Waals surface area contributed by atoms with E-state index < -0.39 is 15.9 Å². The molecule has 1 aromatic heterocycles. The van der Waals surface area contributed by atoms with Crippen molar-refractivity contribution in [1.29, 1.82) is 5.26 Å². The number of nitrogens with zero attached hydrogens (tertiary/aromatic N) is 2. The number of carbonyl (C=O) groups excluding carboxylic acids is 1. The Hall–Kier alpha value is -3.90. The number of aromatic nitrogens is 1. The summed E-state index contributed by atoms with van der Waals surface area (Å²) in [6.07, 6.45) is 1.38. The lowest BCUT2D eigenvalue weighted by atomic mass is 10.1. The molecule has 0 spiro atoms. The summed E-state index contributed by atoms with van der Waals surface area (Å²) in [5.41, 5.74) is 1.44. The summed E-state index contributed by atoms with van der Waals surface area (Å²) in [5.74, 6) is 0.106. The Morgan fingerprint density at radius 3 is 2.50 bits per heavy atom. The molecule has 0 saturated carbocycles. The van der Waals surface area contributed by atoms with Crippen LogP contribution in [0.1, 0.15) is 21.5 Å². The van der Waals surface area contributed by atoms with Crippen molar-refractivity contribution in [3.8, 4) is 23.4 Å². The zero-order valence-corrected chi connectivity index (χ0v) is 16.9. The number of amides is 1. The Bertz CT molecular complexity index is 1230. The third-order valence-electron chi connectivity index (χ3n) is 4.09. The van der Waals surface area contributed by atoms with Crippen LogP contribution in [0, 0.1) is 18.3 Å². The number of rotatable bonds is 6. The van der Waals surface area contributed by atoms with E-state index in [0.717, 1.165) is 5.56 Å². The SMILES string of the molecule is COc1ncccc1S(=O)(=O)NC(=O)c1ccc(Oc2ccc(C#N)cc2C)cc1. The lowest BCUT2D eigenvalue weighted by Gasteiger charge is -2.11. The van der Waals surface area contributed by atoms with Crippen molar-refractivity contribution in [1.82, 2.24) is 9.71 Å². The topological polar surface area (TPSA) is 118 Å². The highest BCUT2D eigenvalue weighted by molar-refractivity contribution is 7.90. The molecule has 0 unspecified atom stereocenters. The summed E-state index contributed by atoms with van der Waals surface area (Å²) in [4.78, 5) is 16.0. The number of hydrogen-bond donors (Lipinski definition) is 1. The Morgan fingerprint density at radius 1 is 1.13 bits per heavy atom. The molecule has 0 aliphatic carbocycles. The summed E-state index contributed by atoms with van der Waals surface area (Å²) >= 11 is 0. The van der Waals surface area contributed by atoms with Crippen molar-refractivity contribution < 1.29 is 22.7 Å². The van der Waals surface area contributed by atoms with Crippen molar-refractivity contribution in [3.05, 3.63) is 77.5 Å². The molecule has 9 heteroatoms. The average Bonchev–Trinajstić information content (AvgIpc) is 2.75. The smallest absolute Gasteiger partial charge is 0.269 e. The monoisotopic (exact) mass is 423 g/mol. The van der Waals surface area contributed by atoms with E-state index in [1.54, 1.807) is 30.3 Å². The molecule has 8 nitrogen and oxygen atoms in total. The van der Waals surface area contributed by atoms with Gasteiger partial charge in [0.2, 0.25) is 5.88 Å². The number of nitriles is 1. The van der Waals surface area contributed by atoms with E-state index >= 15 is 0 Å². The molecular weight excluding hydrogens is 406 g/mol. The van der Waals surface area contributed by atoms with Crippen LogP contribution in [0.2, 0.25) is 0 Å². The van der Waals surface area contributed by atoms with Gasteiger partial charge < -0.3 is 9.47 Å². The molecule has 30 heavy (non-hydrogen) atoms. The minimum Gasteiger partial charge on any atom is -0.480 e. The van der Waals surface area contributed by atoms with Crippen molar-refractivity contribution >= 4 is 15.9 Å². The third kappa shape index (κ3) is 4.56. The van der Waals surface area contributed by atoms with Crippen LogP contribution in [-0.4, -0.2) is 26.4 Å². The van der Waals surface area contributed by atoms with Gasteiger partial charge in [-0.15, -0.1) is 0 Å². The lowest BCUT2D eigenvalue weighted by molar-refractivity contribution is 0.0981. The number of ether oxygens (including phenoxy) is 2. The minimum atomic E-state index is -4.17. The highest BCUT2D eigenvalue weighted by Gasteiger charge is 2.23. The number of benzene rings is 2. The molecule has 0 bridgehead atoms. The summed E-state index contributed by atoms with van der Waals surface area (Å²) in [6, 6.07) is 15.8. The first-order chi connectivity index (χ1) is 14.3. The van der Waals surface area contributed by atoms with Gasteiger partial charge in [-0.05, 0) is 67.1 Å². The van der Waals surface area contributed by atoms with E-state index in [-0.39, 0.29) is 16.3 Å². The number of methoxy groups -OCH3 is 1. The van der Waals surface area contributed by atoms with E-state index in [4.69, 9.17) is 14.7 Å². The van der Waals surface area contributed by atoms with E-state index in [1.807, 2.05) is 11.6 Å². The second kappa shape index (κ2) is 8.63. The second-order valence-electron chi connectivity index (χ2n) is 6.16. The van der Waals surface area contributed by atoms with Crippen LogP contribution in [0.4, 0.5) is 0 Å². The van der Waals surface area contributed by atoms with Gasteiger partial charge in [-0.25, -0.2) is 18.1 Å². The van der Waals surface area contributed by atoms with E-state index in [9.17, 15) is 13.2 Å². The van der Waals surface area contributed by atoms with Crippen LogP contribution >= 0.6 is 0 Å². The zero-order valence-electron chi connectivity index (χ0n) is 16.1. The molecule has 0 aliphatic heterocycles. The standard InChI is InChI=1S/C21H17N3O5S/c1-14-12-15(13-22)5-10-18(14)29-17-8-6-16(7-9-17)20(25)24-30(26,27)19-4-3-11-23-21(19)28-2/h3-12H,1-2H3,(H,24,25). The fraction of sp³-hybridized carbons (Fsp3) is 0.0952. The molecule has 0 atom stereocenters. The summed E-state index contributed by atoms with van der Waals surface area (Å²) in [7, 11) is -2.88. The van der Waals surface area contributed by atoms with Crippen LogP contribution in [-0.2, 0) is 10.0 Å². The van der Waals surface area contributed by atoms with Gasteiger partial charge in [0, 0.05) is 11.8 Å². The number of nitrogens with one attached hydrogen (secondary N) is 1. The summed E-state index contributed by atoms with van der Waals surface area (Å²) in [5, 5.41) is 8.93. The summed E-state index contributed by atoms with van der Waals surface area (Å²) < 4.78 is 37.7. The lowest BCUT2D eigenvalue weighted by Crippen LogP contribution is -2.30. The van der Waals surface area contributed by atoms with Crippen LogP contribution in [0.15, 0.2) is 65.7 Å². The third-order valence-corrected chi connectivity index (χ3v) is 5.44. The molecule has 0 aliphatic rings. The quantitative estimate of drug-likeness (QED) is 0.647. The Labute approximate surface area is 173 Å². The van der Waals surface area contributed by atoms with E-state index in [2.05, 4.69) is 11.1 Å². The van der Waals surface area contributed by atoms with Gasteiger partial charge in [0.05, 0.1) is 18.7 Å². The van der Waals surface area contributed by atoms with E-state index in [0.29, 0.717) is 17.1 Å². The number of pyridine rings is 1. The highest BCUT2D eigenvalue weighted by atomic mass is 32.2. The normalized spacial score (nSPS) is 10.7. The first-order valence-corrected chi connectivity index (χ1v) is 10.2. The maximum Gasteiger partial charge on any atom is 0.269 e. The van der Waals surface area contributed by atoms with Crippen molar-refractivity contribution in [3.63, 3.8) is 0 Å². The molecule has 0 radical (unpaired) electrons. The largest absolute Gasteiger partial charge is 0.480 e. The van der Waals surface area contributed by atoms with Gasteiger partial charge >= 0.3 is 0 Å². The van der Waals surface area contributed by atoms with Crippen molar-refractivity contribution in [2.24, 2.45) is 0 Å². The average molecular weight is 423 g/mol. The molecule has 152 valence electrons. The molecule has 1 heterocycles. The van der Waals surface area contributed by atoms with Crippen LogP contribution in [0.3, 0.4) is 0 Å². The van der Waals surface area contributed by atoms with Crippen LogP contribution in [0.25, 0.3) is 0 Å². The van der Waals surface area contributed by atoms with Gasteiger partial charge in [-0.2, -0.15) is 5.26 Å². The molecule has 3 rings (SSSR count). The molecule has 0 fully saturated rings. The number of carbonyl (C=O) groups is 1. The molecule has 2 aromatic carbocycles. The Balaban J connectivity index is 1.74. The van der Waals surface area contributed by atoms with E-state index in [1.165, 1.54) is 37.6 Å². The minimum absolute atomic E-state index is 0.112.